The smallest absolute Gasteiger partial charge is 0.462 e. The number of aliphatic hydroxyl groups is 1. The van der Waals surface area contributed by atoms with Crippen LogP contribution >= 0.6 is 15.6 Å². The van der Waals surface area contributed by atoms with Gasteiger partial charge in [0.15, 0.2) is 12.2 Å². The Balaban J connectivity index is 5.24. The Kier molecular flexibility index (Phi) is 76.3. The molecule has 0 aromatic carbocycles. The minimum absolute atomic E-state index is 0.109. The van der Waals surface area contributed by atoms with E-state index in [1.165, 1.54) is 283 Å². The summed E-state index contributed by atoms with van der Waals surface area (Å²) in [4.78, 5) is 73.2. The van der Waals surface area contributed by atoms with Gasteiger partial charge >= 0.3 is 39.5 Å². The van der Waals surface area contributed by atoms with Gasteiger partial charge in [-0.15, -0.1) is 0 Å². The lowest BCUT2D eigenvalue weighted by atomic mass is 10.0. The number of phosphoric acid groups is 2. The van der Waals surface area contributed by atoms with Crippen molar-refractivity contribution < 1.29 is 80.2 Å². The number of rotatable bonds is 85. The third-order valence-electron chi connectivity index (χ3n) is 20.0. The van der Waals surface area contributed by atoms with Gasteiger partial charge in [0, 0.05) is 25.7 Å². The van der Waals surface area contributed by atoms with Crippen molar-refractivity contribution in [3.05, 3.63) is 0 Å². The Bertz CT molecular complexity index is 1980. The van der Waals surface area contributed by atoms with E-state index in [0.29, 0.717) is 25.7 Å². The number of aliphatic hydroxyl groups excluding tert-OH is 1. The number of hydrogen-bond acceptors (Lipinski definition) is 15. The van der Waals surface area contributed by atoms with E-state index in [9.17, 15) is 43.2 Å². The van der Waals surface area contributed by atoms with Gasteiger partial charge in [0.05, 0.1) is 26.4 Å². The van der Waals surface area contributed by atoms with Gasteiger partial charge in [0.25, 0.3) is 0 Å². The van der Waals surface area contributed by atoms with Crippen molar-refractivity contribution in [2.24, 2.45) is 5.92 Å². The number of unbranched alkanes of at least 4 members (excludes halogenated alkanes) is 57. The van der Waals surface area contributed by atoms with E-state index in [2.05, 4.69) is 34.6 Å². The second-order valence-electron chi connectivity index (χ2n) is 31.1. The summed E-state index contributed by atoms with van der Waals surface area (Å²) in [5.41, 5.74) is 0. The molecule has 3 N–H and O–H groups in total. The van der Waals surface area contributed by atoms with Crippen molar-refractivity contribution in [3.8, 4) is 0 Å². The summed E-state index contributed by atoms with van der Waals surface area (Å²) in [5.74, 6) is -1.28. The molecular weight excluding hydrogens is 1350 g/mol. The average Bonchev–Trinajstić information content (AvgIpc) is 0.920. The van der Waals surface area contributed by atoms with Crippen LogP contribution in [-0.2, 0) is 65.4 Å². The summed E-state index contributed by atoms with van der Waals surface area (Å²) >= 11 is 0. The summed E-state index contributed by atoms with van der Waals surface area (Å²) < 4.78 is 68.9. The van der Waals surface area contributed by atoms with Gasteiger partial charge in [0.1, 0.15) is 19.3 Å². The van der Waals surface area contributed by atoms with Crippen molar-refractivity contribution in [1.29, 1.82) is 0 Å². The standard InChI is InChI=1S/C85H166O17P2/c1-6-9-12-15-18-21-24-27-29-32-36-40-44-49-54-59-64-69-83(88)96-75-81(102-85(90)71-66-61-56-51-46-41-37-34-31-30-33-35-38-42-47-52-57-62-67-78(4)5)77-100-104(93,94)98-73-79(86)72-97-103(91,92)99-76-80(74-95-82(87)68-63-58-53-48-43-26-23-20-17-14-11-8-3)101-84(89)70-65-60-55-50-45-39-28-25-22-19-16-13-10-7-2/h78-81,86H,6-77H2,1-5H3,(H,91,92)(H,93,94)/t79-,80+,81+/m0/s1. The van der Waals surface area contributed by atoms with Gasteiger partial charge in [-0.1, -0.05) is 407 Å². The zero-order valence-electron chi connectivity index (χ0n) is 68.2. The lowest BCUT2D eigenvalue weighted by Gasteiger charge is -2.21. The molecule has 5 atom stereocenters. The van der Waals surface area contributed by atoms with Crippen molar-refractivity contribution in [2.45, 2.75) is 477 Å². The zero-order chi connectivity index (χ0) is 76.2. The predicted molar refractivity (Wildman–Crippen MR) is 428 cm³/mol. The molecule has 0 aliphatic heterocycles. The minimum Gasteiger partial charge on any atom is -0.462 e. The lowest BCUT2D eigenvalue weighted by Crippen LogP contribution is -2.30. The molecule has 104 heavy (non-hydrogen) atoms. The number of phosphoric ester groups is 2. The second-order valence-corrected chi connectivity index (χ2v) is 34.0. The fraction of sp³-hybridized carbons (Fsp3) is 0.953. The van der Waals surface area contributed by atoms with Crippen LogP contribution in [0.1, 0.15) is 458 Å². The molecule has 0 spiro atoms. The van der Waals surface area contributed by atoms with Crippen LogP contribution in [0.5, 0.6) is 0 Å². The third kappa shape index (κ3) is 78.2. The van der Waals surface area contributed by atoms with Crippen LogP contribution < -0.4 is 0 Å². The van der Waals surface area contributed by atoms with Crippen LogP contribution in [0.4, 0.5) is 0 Å². The highest BCUT2D eigenvalue weighted by atomic mass is 31.2. The summed E-state index contributed by atoms with van der Waals surface area (Å²) in [5, 5.41) is 10.7. The molecule has 19 heteroatoms. The Morgan fingerprint density at radius 1 is 0.260 bits per heavy atom. The molecule has 0 bridgehead atoms. The molecule has 0 rings (SSSR count). The number of carbonyl (C=O) groups excluding carboxylic acids is 4. The number of ether oxygens (including phenoxy) is 4. The third-order valence-corrected chi connectivity index (χ3v) is 21.9. The molecule has 0 aromatic rings. The Labute approximate surface area is 638 Å². The zero-order valence-corrected chi connectivity index (χ0v) is 70.0. The molecule has 0 saturated carbocycles. The van der Waals surface area contributed by atoms with E-state index in [4.69, 9.17) is 37.0 Å². The van der Waals surface area contributed by atoms with Crippen LogP contribution in [-0.4, -0.2) is 96.7 Å². The maximum atomic E-state index is 13.1. The molecule has 0 amide bonds. The van der Waals surface area contributed by atoms with Gasteiger partial charge in [0.2, 0.25) is 0 Å². The molecule has 0 fully saturated rings. The van der Waals surface area contributed by atoms with Crippen LogP contribution in [0.25, 0.3) is 0 Å². The molecule has 17 nitrogen and oxygen atoms in total. The number of hydrogen-bond donors (Lipinski definition) is 3. The fourth-order valence-corrected chi connectivity index (χ4v) is 14.9. The highest BCUT2D eigenvalue weighted by Gasteiger charge is 2.30. The minimum atomic E-state index is -4.96. The average molecular weight is 1520 g/mol. The van der Waals surface area contributed by atoms with Crippen LogP contribution in [0.15, 0.2) is 0 Å². The molecule has 0 aliphatic rings. The van der Waals surface area contributed by atoms with Crippen molar-refractivity contribution >= 4 is 39.5 Å². The Morgan fingerprint density at radius 3 is 0.654 bits per heavy atom. The number of esters is 4. The van der Waals surface area contributed by atoms with Gasteiger partial charge in [-0.25, -0.2) is 9.13 Å². The second kappa shape index (κ2) is 77.8. The quantitative estimate of drug-likeness (QED) is 0.0222. The number of carbonyl (C=O) groups is 4. The first-order chi connectivity index (χ1) is 50.5. The molecule has 2 unspecified atom stereocenters. The molecule has 0 radical (unpaired) electrons. The maximum Gasteiger partial charge on any atom is 0.472 e. The summed E-state index contributed by atoms with van der Waals surface area (Å²) in [6.07, 6.45) is 70.7. The van der Waals surface area contributed by atoms with Crippen LogP contribution in [0, 0.1) is 5.92 Å². The Hall–Kier alpha value is -1.94. The molecule has 618 valence electrons. The monoisotopic (exact) mass is 1520 g/mol. The van der Waals surface area contributed by atoms with E-state index >= 15 is 0 Å². The first-order valence-electron chi connectivity index (χ1n) is 44.1. The van der Waals surface area contributed by atoms with Gasteiger partial charge in [-0.2, -0.15) is 0 Å². The van der Waals surface area contributed by atoms with E-state index in [1.54, 1.807) is 0 Å². The lowest BCUT2D eigenvalue weighted by molar-refractivity contribution is -0.161. The van der Waals surface area contributed by atoms with Crippen LogP contribution in [0.2, 0.25) is 0 Å². The Morgan fingerprint density at radius 2 is 0.442 bits per heavy atom. The van der Waals surface area contributed by atoms with Crippen molar-refractivity contribution in [1.82, 2.24) is 0 Å². The van der Waals surface area contributed by atoms with Gasteiger partial charge < -0.3 is 33.8 Å². The topological polar surface area (TPSA) is 237 Å². The molecule has 0 aromatic heterocycles. The van der Waals surface area contributed by atoms with E-state index in [-0.39, 0.29) is 25.7 Å². The van der Waals surface area contributed by atoms with E-state index < -0.39 is 97.5 Å². The highest BCUT2D eigenvalue weighted by Crippen LogP contribution is 2.45. The van der Waals surface area contributed by atoms with Crippen LogP contribution in [0.3, 0.4) is 0 Å². The summed E-state index contributed by atoms with van der Waals surface area (Å²) in [7, 11) is -9.92. The first-order valence-corrected chi connectivity index (χ1v) is 47.1. The molecular formula is C85H166O17P2. The van der Waals surface area contributed by atoms with Gasteiger partial charge in [-0.05, 0) is 31.6 Å². The van der Waals surface area contributed by atoms with E-state index in [1.807, 2.05) is 0 Å². The van der Waals surface area contributed by atoms with E-state index in [0.717, 1.165) is 95.8 Å². The molecule has 0 heterocycles. The maximum absolute atomic E-state index is 13.1. The first kappa shape index (κ1) is 102. The normalized spacial score (nSPS) is 13.8. The highest BCUT2D eigenvalue weighted by molar-refractivity contribution is 7.47. The molecule has 0 saturated heterocycles. The summed E-state index contributed by atoms with van der Waals surface area (Å²) in [6.45, 7) is 7.40. The fourth-order valence-electron chi connectivity index (χ4n) is 13.3. The van der Waals surface area contributed by atoms with Crippen molar-refractivity contribution in [3.63, 3.8) is 0 Å². The molecule has 0 aliphatic carbocycles. The van der Waals surface area contributed by atoms with Crippen molar-refractivity contribution in [2.75, 3.05) is 39.6 Å². The van der Waals surface area contributed by atoms with Gasteiger partial charge in [-0.3, -0.25) is 37.3 Å². The predicted octanol–water partition coefficient (Wildman–Crippen LogP) is 26.0. The largest absolute Gasteiger partial charge is 0.472 e. The summed E-state index contributed by atoms with van der Waals surface area (Å²) in [6, 6.07) is 0. The SMILES string of the molecule is CCCCCCCCCCCCCCCCCCCC(=O)OC[C@H](COP(=O)(O)OC[C@@H](O)COP(=O)(O)OC[C@@H](COC(=O)CCCCCCCCCCCCCC)OC(=O)CCCCCCCCCCCCCCCC)OC(=O)CCCCCCCCCCCCCCCCCCCCC(C)C.